The summed E-state index contributed by atoms with van der Waals surface area (Å²) in [7, 11) is 0. The Morgan fingerprint density at radius 2 is 2.14 bits per heavy atom. The van der Waals surface area contributed by atoms with Gasteiger partial charge in [-0.2, -0.15) is 0 Å². The highest BCUT2D eigenvalue weighted by Crippen LogP contribution is 2.34. The van der Waals surface area contributed by atoms with Crippen molar-refractivity contribution in [3.05, 3.63) is 0 Å². The van der Waals surface area contributed by atoms with Crippen molar-refractivity contribution < 1.29 is 4.79 Å². The van der Waals surface area contributed by atoms with Gasteiger partial charge in [0.05, 0.1) is 0 Å². The van der Waals surface area contributed by atoms with E-state index < -0.39 is 0 Å². The van der Waals surface area contributed by atoms with Crippen molar-refractivity contribution in [3.8, 4) is 0 Å². The Morgan fingerprint density at radius 3 is 2.93 bits per heavy atom. The monoisotopic (exact) mass is 195 g/mol. The third-order valence-corrected chi connectivity index (χ3v) is 4.04. The Morgan fingerprint density at radius 1 is 1.29 bits per heavy atom. The van der Waals surface area contributed by atoms with Crippen molar-refractivity contribution >= 4 is 6.29 Å². The van der Waals surface area contributed by atoms with E-state index in [1.807, 2.05) is 0 Å². The number of rotatable bonds is 2. The van der Waals surface area contributed by atoms with E-state index in [9.17, 15) is 4.79 Å². The summed E-state index contributed by atoms with van der Waals surface area (Å²) in [4.78, 5) is 13.2. The molecule has 2 aliphatic heterocycles. The fourth-order valence-electron chi connectivity index (χ4n) is 3.22. The van der Waals surface area contributed by atoms with Crippen LogP contribution in [0.1, 0.15) is 45.4 Å². The number of aldehydes is 1. The van der Waals surface area contributed by atoms with Gasteiger partial charge in [-0.1, -0.05) is 13.3 Å². The molecule has 0 aromatic rings. The zero-order valence-electron chi connectivity index (χ0n) is 9.11. The molecule has 0 radical (unpaired) electrons. The maximum Gasteiger partial charge on any atom is 0.121 e. The first kappa shape index (κ1) is 10.2. The summed E-state index contributed by atoms with van der Waals surface area (Å²) in [6.45, 7) is 3.60. The molecule has 0 aromatic heterocycles. The Bertz CT molecular complexity index is 204. The van der Waals surface area contributed by atoms with E-state index in [4.69, 9.17) is 0 Å². The molecule has 0 aromatic carbocycles. The lowest BCUT2D eigenvalue weighted by Gasteiger charge is -2.47. The van der Waals surface area contributed by atoms with E-state index in [2.05, 4.69) is 11.8 Å². The van der Waals surface area contributed by atoms with Crippen LogP contribution in [0, 0.1) is 5.92 Å². The fraction of sp³-hybridized carbons (Fsp3) is 0.917. The zero-order valence-corrected chi connectivity index (χ0v) is 9.11. The minimum atomic E-state index is 0.564. The summed E-state index contributed by atoms with van der Waals surface area (Å²) in [5.74, 6) is 0.846. The molecule has 0 amide bonds. The number of carbonyl (C=O) groups is 1. The van der Waals surface area contributed by atoms with E-state index in [0.29, 0.717) is 6.04 Å². The van der Waals surface area contributed by atoms with Gasteiger partial charge in [-0.15, -0.1) is 0 Å². The van der Waals surface area contributed by atoms with Crippen LogP contribution in [0.2, 0.25) is 0 Å². The summed E-state index contributed by atoms with van der Waals surface area (Å²) >= 11 is 0. The van der Waals surface area contributed by atoms with Crippen LogP contribution in [0.15, 0.2) is 0 Å². The van der Waals surface area contributed by atoms with Crippen LogP contribution in [0.4, 0.5) is 0 Å². The van der Waals surface area contributed by atoms with E-state index in [0.717, 1.165) is 24.7 Å². The smallest absolute Gasteiger partial charge is 0.121 e. The Labute approximate surface area is 86.7 Å². The molecule has 14 heavy (non-hydrogen) atoms. The third-order valence-electron chi connectivity index (χ3n) is 4.04. The molecule has 2 heterocycles. The van der Waals surface area contributed by atoms with Gasteiger partial charge in [0.1, 0.15) is 6.29 Å². The number of carbonyl (C=O) groups excluding carboxylic acids is 1. The maximum absolute atomic E-state index is 10.6. The number of hydrogen-bond acceptors (Lipinski definition) is 2. The van der Waals surface area contributed by atoms with Crippen molar-refractivity contribution in [3.63, 3.8) is 0 Å². The van der Waals surface area contributed by atoms with Gasteiger partial charge in [-0.05, 0) is 38.1 Å². The van der Waals surface area contributed by atoms with Crippen LogP contribution in [-0.4, -0.2) is 29.8 Å². The number of nitrogens with zero attached hydrogens (tertiary/aromatic N) is 1. The van der Waals surface area contributed by atoms with Gasteiger partial charge >= 0.3 is 0 Å². The molecule has 0 unspecified atom stereocenters. The number of piperidine rings is 2. The molecule has 2 nitrogen and oxygen atoms in total. The second-order valence-corrected chi connectivity index (χ2v) is 4.91. The molecule has 3 atom stereocenters. The van der Waals surface area contributed by atoms with Crippen LogP contribution < -0.4 is 0 Å². The Hall–Kier alpha value is -0.370. The van der Waals surface area contributed by atoms with Crippen LogP contribution >= 0.6 is 0 Å². The molecule has 0 N–H and O–H groups in total. The van der Waals surface area contributed by atoms with Gasteiger partial charge in [-0.3, -0.25) is 4.90 Å². The SMILES string of the molecule is C[C@H]1CC[C@H](CC=O)N2CCCC[C@H]12. The lowest BCUT2D eigenvalue weighted by atomic mass is 9.81. The number of hydrogen-bond donors (Lipinski definition) is 0. The second-order valence-electron chi connectivity index (χ2n) is 4.91. The molecule has 2 fully saturated rings. The van der Waals surface area contributed by atoms with E-state index in [1.54, 1.807) is 0 Å². The van der Waals surface area contributed by atoms with Crippen molar-refractivity contribution in [1.29, 1.82) is 0 Å². The molecular weight excluding hydrogens is 174 g/mol. The minimum Gasteiger partial charge on any atom is -0.303 e. The Kier molecular flexibility index (Phi) is 3.22. The van der Waals surface area contributed by atoms with Gasteiger partial charge < -0.3 is 4.79 Å². The zero-order chi connectivity index (χ0) is 9.97. The third kappa shape index (κ3) is 1.85. The summed E-state index contributed by atoms with van der Waals surface area (Å²) in [5, 5.41) is 0. The van der Waals surface area contributed by atoms with Crippen molar-refractivity contribution in [2.24, 2.45) is 5.92 Å². The van der Waals surface area contributed by atoms with E-state index in [1.165, 1.54) is 38.6 Å². The van der Waals surface area contributed by atoms with Crippen molar-refractivity contribution in [2.45, 2.75) is 57.5 Å². The number of fused-ring (bicyclic) bond motifs is 1. The summed E-state index contributed by atoms with van der Waals surface area (Å²) < 4.78 is 0. The first-order valence-electron chi connectivity index (χ1n) is 6.02. The first-order chi connectivity index (χ1) is 6.83. The standard InChI is InChI=1S/C12H21NO/c1-10-5-6-11(7-9-14)13-8-3-2-4-12(10)13/h9-12H,2-8H2,1H3/t10-,11+,12+/m0/s1. The van der Waals surface area contributed by atoms with Crippen LogP contribution in [0.25, 0.3) is 0 Å². The summed E-state index contributed by atoms with van der Waals surface area (Å²) in [5.41, 5.74) is 0. The highest BCUT2D eigenvalue weighted by atomic mass is 16.1. The highest BCUT2D eigenvalue weighted by molar-refractivity contribution is 5.50. The van der Waals surface area contributed by atoms with Gasteiger partial charge in [0.25, 0.3) is 0 Å². The quantitative estimate of drug-likeness (QED) is 0.630. The average molecular weight is 195 g/mol. The topological polar surface area (TPSA) is 20.3 Å². The van der Waals surface area contributed by atoms with Crippen molar-refractivity contribution in [2.75, 3.05) is 6.54 Å². The van der Waals surface area contributed by atoms with Crippen LogP contribution in [0.3, 0.4) is 0 Å². The van der Waals surface area contributed by atoms with E-state index >= 15 is 0 Å². The molecular formula is C12H21NO. The molecule has 0 bridgehead atoms. The molecule has 2 rings (SSSR count). The van der Waals surface area contributed by atoms with Gasteiger partial charge in [0.15, 0.2) is 0 Å². The highest BCUT2D eigenvalue weighted by Gasteiger charge is 2.35. The predicted octanol–water partition coefficient (Wildman–Crippen LogP) is 2.23. The molecule has 2 saturated heterocycles. The van der Waals surface area contributed by atoms with Gasteiger partial charge in [-0.25, -0.2) is 0 Å². The molecule has 0 spiro atoms. The minimum absolute atomic E-state index is 0.564. The largest absolute Gasteiger partial charge is 0.303 e. The first-order valence-corrected chi connectivity index (χ1v) is 6.02. The lowest BCUT2D eigenvalue weighted by Crippen LogP contribution is -2.52. The van der Waals surface area contributed by atoms with Crippen LogP contribution in [0.5, 0.6) is 0 Å². The lowest BCUT2D eigenvalue weighted by molar-refractivity contribution is -0.110. The van der Waals surface area contributed by atoms with Gasteiger partial charge in [0.2, 0.25) is 0 Å². The normalized spacial score (nSPS) is 39.1. The molecule has 2 aliphatic rings. The van der Waals surface area contributed by atoms with E-state index in [-0.39, 0.29) is 0 Å². The fourth-order valence-corrected chi connectivity index (χ4v) is 3.22. The molecule has 80 valence electrons. The molecule has 0 saturated carbocycles. The van der Waals surface area contributed by atoms with Crippen LogP contribution in [-0.2, 0) is 4.79 Å². The second kappa shape index (κ2) is 4.43. The Balaban J connectivity index is 2.04. The molecule has 0 aliphatic carbocycles. The molecule has 2 heteroatoms. The van der Waals surface area contributed by atoms with Gasteiger partial charge in [0, 0.05) is 18.5 Å². The summed E-state index contributed by atoms with van der Waals surface area (Å²) in [6, 6.07) is 1.34. The maximum atomic E-state index is 10.6. The summed E-state index contributed by atoms with van der Waals surface area (Å²) in [6.07, 6.45) is 8.49. The predicted molar refractivity (Wildman–Crippen MR) is 57.2 cm³/mol. The average Bonchev–Trinajstić information content (AvgIpc) is 2.23. The van der Waals surface area contributed by atoms with Crippen molar-refractivity contribution in [1.82, 2.24) is 4.90 Å².